The maximum atomic E-state index is 12.6. The first kappa shape index (κ1) is 20.2. The lowest BCUT2D eigenvalue weighted by molar-refractivity contribution is -0.384. The molecule has 1 heterocycles. The van der Waals surface area contributed by atoms with Crippen LogP contribution >= 0.6 is 11.3 Å². The average molecular weight is 433 g/mol. The summed E-state index contributed by atoms with van der Waals surface area (Å²) in [5, 5.41) is 14.7. The van der Waals surface area contributed by atoms with E-state index in [0.29, 0.717) is 5.69 Å². The largest absolute Gasteiger partial charge is 0.465 e. The van der Waals surface area contributed by atoms with Crippen molar-refractivity contribution in [3.63, 3.8) is 0 Å². The van der Waals surface area contributed by atoms with Gasteiger partial charge in [0.1, 0.15) is 5.01 Å². The molecule has 4 aromatic rings. The number of hydrogen-bond acceptors (Lipinski definition) is 7. The van der Waals surface area contributed by atoms with Gasteiger partial charge in [0.05, 0.1) is 27.8 Å². The minimum absolute atomic E-state index is 0.0233. The van der Waals surface area contributed by atoms with Crippen molar-refractivity contribution in [3.05, 3.63) is 88.0 Å². The zero-order chi connectivity index (χ0) is 22.0. The molecule has 0 spiro atoms. The lowest BCUT2D eigenvalue weighted by Crippen LogP contribution is -2.14. The van der Waals surface area contributed by atoms with Crippen LogP contribution < -0.4 is 5.32 Å². The van der Waals surface area contributed by atoms with E-state index in [0.717, 1.165) is 40.0 Å². The fourth-order valence-corrected chi connectivity index (χ4v) is 3.95. The number of hydrogen-bond donors (Lipinski definition) is 1. The summed E-state index contributed by atoms with van der Waals surface area (Å²) in [5.74, 6) is -1.35. The van der Waals surface area contributed by atoms with Crippen LogP contribution in [0, 0.1) is 10.1 Å². The Bertz CT molecular complexity index is 1280. The Labute approximate surface area is 180 Å². The smallest absolute Gasteiger partial charge is 0.338 e. The number of anilines is 1. The quantitative estimate of drug-likeness (QED) is 0.272. The molecule has 9 heteroatoms. The second kappa shape index (κ2) is 8.33. The number of rotatable bonds is 5. The number of carbonyl (C=O) groups excluding carboxylic acids is 2. The number of aromatic nitrogens is 1. The van der Waals surface area contributed by atoms with Gasteiger partial charge in [-0.1, -0.05) is 12.1 Å². The van der Waals surface area contributed by atoms with Crippen molar-refractivity contribution in [2.24, 2.45) is 0 Å². The van der Waals surface area contributed by atoms with Crippen molar-refractivity contribution < 1.29 is 19.2 Å². The van der Waals surface area contributed by atoms with Crippen molar-refractivity contribution in [2.75, 3.05) is 12.4 Å². The number of para-hydroxylation sites is 1. The second-order valence-corrected chi connectivity index (χ2v) is 7.57. The Hall–Kier alpha value is -4.11. The lowest BCUT2D eigenvalue weighted by atomic mass is 10.1. The van der Waals surface area contributed by atoms with Gasteiger partial charge in [0.2, 0.25) is 0 Å². The third kappa shape index (κ3) is 4.26. The monoisotopic (exact) mass is 433 g/mol. The molecule has 0 atom stereocenters. The zero-order valence-electron chi connectivity index (χ0n) is 16.2. The summed E-state index contributed by atoms with van der Waals surface area (Å²) in [5.41, 5.74) is 1.85. The molecule has 1 amide bonds. The topological polar surface area (TPSA) is 111 Å². The van der Waals surface area contributed by atoms with E-state index in [1.54, 1.807) is 23.5 Å². The third-order valence-corrected chi connectivity index (χ3v) is 5.58. The van der Waals surface area contributed by atoms with Crippen LogP contribution in [0.25, 0.3) is 20.8 Å². The van der Waals surface area contributed by atoms with Crippen LogP contribution in [-0.4, -0.2) is 28.9 Å². The molecular formula is C22H15N3O5S. The van der Waals surface area contributed by atoms with Gasteiger partial charge >= 0.3 is 5.97 Å². The molecule has 0 aliphatic rings. The van der Waals surface area contributed by atoms with Crippen LogP contribution in [0.5, 0.6) is 0 Å². The van der Waals surface area contributed by atoms with E-state index in [2.05, 4.69) is 15.0 Å². The number of esters is 1. The van der Waals surface area contributed by atoms with Crippen LogP contribution in [0.15, 0.2) is 66.7 Å². The fraction of sp³-hybridized carbons (Fsp3) is 0.0455. The molecule has 0 aliphatic heterocycles. The van der Waals surface area contributed by atoms with E-state index in [1.165, 1.54) is 6.07 Å². The Kier molecular flexibility index (Phi) is 5.42. The summed E-state index contributed by atoms with van der Waals surface area (Å²) in [6, 6.07) is 18.4. The summed E-state index contributed by atoms with van der Waals surface area (Å²) in [6.45, 7) is 0. The molecule has 8 nitrogen and oxygen atoms in total. The molecule has 4 rings (SSSR count). The Morgan fingerprint density at radius 3 is 2.42 bits per heavy atom. The summed E-state index contributed by atoms with van der Waals surface area (Å²) < 4.78 is 5.69. The molecule has 0 saturated carbocycles. The summed E-state index contributed by atoms with van der Waals surface area (Å²) in [7, 11) is 1.16. The number of benzene rings is 3. The molecule has 0 bridgehead atoms. The van der Waals surface area contributed by atoms with Crippen molar-refractivity contribution in [3.8, 4) is 10.6 Å². The fourth-order valence-electron chi connectivity index (χ4n) is 2.98. The maximum Gasteiger partial charge on any atom is 0.338 e. The molecule has 1 aromatic heterocycles. The van der Waals surface area contributed by atoms with Crippen molar-refractivity contribution in [2.45, 2.75) is 0 Å². The van der Waals surface area contributed by atoms with Gasteiger partial charge in [-0.05, 0) is 42.5 Å². The first-order chi connectivity index (χ1) is 14.9. The number of carbonyl (C=O) groups is 2. The van der Waals surface area contributed by atoms with Crippen molar-refractivity contribution >= 4 is 44.8 Å². The van der Waals surface area contributed by atoms with Gasteiger partial charge in [-0.2, -0.15) is 0 Å². The molecule has 0 unspecified atom stereocenters. The van der Waals surface area contributed by atoms with E-state index in [4.69, 9.17) is 0 Å². The molecule has 0 radical (unpaired) electrons. The molecule has 1 N–H and O–H groups in total. The Morgan fingerprint density at radius 1 is 1.03 bits per heavy atom. The normalized spacial score (nSPS) is 10.6. The van der Waals surface area contributed by atoms with Gasteiger partial charge in [-0.3, -0.25) is 14.9 Å². The van der Waals surface area contributed by atoms with Crippen molar-refractivity contribution in [1.29, 1.82) is 0 Å². The minimum Gasteiger partial charge on any atom is -0.465 e. The number of fused-ring (bicyclic) bond motifs is 1. The SMILES string of the molecule is COC(=O)c1cc(C(=O)Nc2ccc(-c3nc4ccccc4s3)cc2)cc([N+](=O)[O-])c1. The summed E-state index contributed by atoms with van der Waals surface area (Å²) >= 11 is 1.57. The number of nitro benzene ring substituents is 1. The van der Waals surface area contributed by atoms with Crippen LogP contribution in [0.4, 0.5) is 11.4 Å². The second-order valence-electron chi connectivity index (χ2n) is 6.54. The first-order valence-electron chi connectivity index (χ1n) is 9.10. The maximum absolute atomic E-state index is 12.6. The van der Waals surface area contributed by atoms with Gasteiger partial charge in [-0.25, -0.2) is 9.78 Å². The highest BCUT2D eigenvalue weighted by atomic mass is 32.1. The molecule has 0 aliphatic carbocycles. The van der Waals surface area contributed by atoms with E-state index in [-0.39, 0.29) is 16.8 Å². The molecule has 154 valence electrons. The number of ether oxygens (including phenoxy) is 1. The molecule has 31 heavy (non-hydrogen) atoms. The number of nitrogens with one attached hydrogen (secondary N) is 1. The van der Waals surface area contributed by atoms with E-state index in [9.17, 15) is 19.7 Å². The highest BCUT2D eigenvalue weighted by Gasteiger charge is 2.18. The standard InChI is InChI=1S/C22H15N3O5S/c1-30-22(27)15-10-14(11-17(12-15)25(28)29)20(26)23-16-8-6-13(7-9-16)21-24-18-4-2-3-5-19(18)31-21/h2-12H,1H3,(H,23,26). The summed E-state index contributed by atoms with van der Waals surface area (Å²) in [6.07, 6.45) is 0. The van der Waals surface area contributed by atoms with E-state index >= 15 is 0 Å². The number of nitrogens with zero attached hydrogens (tertiary/aromatic N) is 2. The average Bonchev–Trinajstić information content (AvgIpc) is 3.23. The predicted molar refractivity (Wildman–Crippen MR) is 117 cm³/mol. The zero-order valence-corrected chi connectivity index (χ0v) is 17.0. The van der Waals surface area contributed by atoms with Crippen LogP contribution in [0.1, 0.15) is 20.7 Å². The van der Waals surface area contributed by atoms with Gasteiger partial charge in [0, 0.05) is 28.9 Å². The highest BCUT2D eigenvalue weighted by molar-refractivity contribution is 7.21. The Balaban J connectivity index is 1.56. The third-order valence-electron chi connectivity index (χ3n) is 4.50. The van der Waals surface area contributed by atoms with Crippen LogP contribution in [0.2, 0.25) is 0 Å². The number of thiazole rings is 1. The predicted octanol–water partition coefficient (Wildman–Crippen LogP) is 4.91. The van der Waals surface area contributed by atoms with Gasteiger partial charge < -0.3 is 10.1 Å². The van der Waals surface area contributed by atoms with Gasteiger partial charge in [0.25, 0.3) is 11.6 Å². The van der Waals surface area contributed by atoms with E-state index in [1.807, 2.05) is 36.4 Å². The number of nitro groups is 1. The highest BCUT2D eigenvalue weighted by Crippen LogP contribution is 2.30. The minimum atomic E-state index is -0.766. The van der Waals surface area contributed by atoms with Gasteiger partial charge in [-0.15, -0.1) is 11.3 Å². The number of methoxy groups -OCH3 is 1. The van der Waals surface area contributed by atoms with Crippen LogP contribution in [0.3, 0.4) is 0 Å². The molecule has 0 saturated heterocycles. The molecule has 0 fully saturated rings. The Morgan fingerprint density at radius 2 is 1.74 bits per heavy atom. The summed E-state index contributed by atoms with van der Waals surface area (Å²) in [4.78, 5) is 39.5. The van der Waals surface area contributed by atoms with E-state index < -0.39 is 16.8 Å². The van der Waals surface area contributed by atoms with Gasteiger partial charge in [0.15, 0.2) is 0 Å². The molecular weight excluding hydrogens is 418 g/mol. The van der Waals surface area contributed by atoms with Crippen molar-refractivity contribution in [1.82, 2.24) is 4.98 Å². The first-order valence-corrected chi connectivity index (χ1v) is 9.91. The number of non-ortho nitro benzene ring substituents is 1. The molecule has 3 aromatic carbocycles. The van der Waals surface area contributed by atoms with Crippen LogP contribution in [-0.2, 0) is 4.74 Å². The number of amides is 1. The lowest BCUT2D eigenvalue weighted by Gasteiger charge is -2.07.